The van der Waals surface area contributed by atoms with Crippen LogP contribution in [0.5, 0.6) is 0 Å². The number of nitrogens with zero attached hydrogens (tertiary/aromatic N) is 4. The molecule has 0 saturated heterocycles. The molecule has 0 aromatic carbocycles. The summed E-state index contributed by atoms with van der Waals surface area (Å²) in [6.45, 7) is 2.59. The maximum atomic E-state index is 11.2. The van der Waals surface area contributed by atoms with Gasteiger partial charge in [-0.15, -0.1) is 0 Å². The van der Waals surface area contributed by atoms with Crippen LogP contribution >= 0.6 is 11.8 Å². The highest BCUT2D eigenvalue weighted by molar-refractivity contribution is 7.99. The minimum atomic E-state index is -0.469. The molecule has 0 fully saturated rings. The Kier molecular flexibility index (Phi) is 4.83. The highest BCUT2D eigenvalue weighted by Gasteiger charge is 2.23. The molecular weight excluding hydrogens is 278 g/mol. The molecule has 0 aliphatic heterocycles. The average molecular weight is 291 g/mol. The van der Waals surface area contributed by atoms with Crippen molar-refractivity contribution in [3.8, 4) is 0 Å². The van der Waals surface area contributed by atoms with Crippen LogP contribution in [0, 0.1) is 10.1 Å². The third-order valence-corrected chi connectivity index (χ3v) is 3.30. The fourth-order valence-electron chi connectivity index (χ4n) is 1.48. The van der Waals surface area contributed by atoms with Gasteiger partial charge in [-0.05, 0) is 30.3 Å². The van der Waals surface area contributed by atoms with Crippen LogP contribution in [0.4, 0.5) is 11.5 Å². The Morgan fingerprint density at radius 1 is 1.35 bits per heavy atom. The van der Waals surface area contributed by atoms with Gasteiger partial charge >= 0.3 is 5.69 Å². The van der Waals surface area contributed by atoms with Crippen molar-refractivity contribution in [1.82, 2.24) is 15.0 Å². The maximum Gasteiger partial charge on any atom is 0.343 e. The molecule has 2 heterocycles. The second-order valence-corrected chi connectivity index (χ2v) is 4.84. The van der Waals surface area contributed by atoms with Gasteiger partial charge in [0.05, 0.1) is 4.92 Å². The van der Waals surface area contributed by atoms with E-state index in [2.05, 4.69) is 20.3 Å². The molecule has 0 unspecified atom stereocenters. The van der Waals surface area contributed by atoms with E-state index in [0.29, 0.717) is 11.6 Å². The van der Waals surface area contributed by atoms with E-state index in [4.69, 9.17) is 0 Å². The summed E-state index contributed by atoms with van der Waals surface area (Å²) in [5.41, 5.74) is -0.114. The Labute approximate surface area is 120 Å². The Morgan fingerprint density at radius 3 is 2.85 bits per heavy atom. The molecule has 0 radical (unpaired) electrons. The van der Waals surface area contributed by atoms with Crippen molar-refractivity contribution in [3.63, 3.8) is 0 Å². The topological polar surface area (TPSA) is 93.8 Å². The lowest BCUT2D eigenvalue weighted by atomic mass is 10.4. The summed E-state index contributed by atoms with van der Waals surface area (Å²) in [6.07, 6.45) is 3.80. The van der Waals surface area contributed by atoms with Gasteiger partial charge < -0.3 is 5.32 Å². The van der Waals surface area contributed by atoms with Crippen LogP contribution < -0.4 is 5.32 Å². The van der Waals surface area contributed by atoms with Crippen LogP contribution in [0.2, 0.25) is 0 Å². The molecular formula is C12H13N5O2S. The summed E-state index contributed by atoms with van der Waals surface area (Å²) in [6, 6.07) is 5.38. The predicted molar refractivity (Wildman–Crippen MR) is 75.8 cm³/mol. The van der Waals surface area contributed by atoms with E-state index in [1.807, 2.05) is 13.0 Å². The van der Waals surface area contributed by atoms with Crippen molar-refractivity contribution >= 4 is 23.3 Å². The number of aromatic nitrogens is 3. The summed E-state index contributed by atoms with van der Waals surface area (Å²) in [7, 11) is 0. The van der Waals surface area contributed by atoms with Crippen LogP contribution in [0.3, 0.4) is 0 Å². The lowest BCUT2D eigenvalue weighted by molar-refractivity contribution is -0.387. The monoisotopic (exact) mass is 291 g/mol. The first-order valence-corrected chi connectivity index (χ1v) is 6.86. The molecule has 2 aromatic rings. The highest BCUT2D eigenvalue weighted by Crippen LogP contribution is 2.35. The van der Waals surface area contributed by atoms with Crippen molar-refractivity contribution in [1.29, 1.82) is 0 Å². The van der Waals surface area contributed by atoms with Gasteiger partial charge in [0.2, 0.25) is 5.82 Å². The van der Waals surface area contributed by atoms with Crippen LogP contribution in [-0.4, -0.2) is 26.4 Å². The van der Waals surface area contributed by atoms with Crippen molar-refractivity contribution in [2.24, 2.45) is 0 Å². The predicted octanol–water partition coefficient (Wildman–Crippen LogP) is 2.75. The smallest absolute Gasteiger partial charge is 0.343 e. The lowest BCUT2D eigenvalue weighted by Gasteiger charge is -2.06. The van der Waals surface area contributed by atoms with E-state index >= 15 is 0 Å². The zero-order valence-electron chi connectivity index (χ0n) is 10.8. The third-order valence-electron chi connectivity index (χ3n) is 2.35. The molecule has 8 heteroatoms. The summed E-state index contributed by atoms with van der Waals surface area (Å²) in [4.78, 5) is 22.8. The average Bonchev–Trinajstić information content (AvgIpc) is 2.46. The zero-order chi connectivity index (χ0) is 14.4. The molecule has 20 heavy (non-hydrogen) atoms. The molecule has 0 saturated carbocycles. The molecule has 0 aliphatic rings. The Bertz CT molecular complexity index is 594. The highest BCUT2D eigenvalue weighted by atomic mass is 32.2. The van der Waals surface area contributed by atoms with Gasteiger partial charge in [0.1, 0.15) is 11.4 Å². The summed E-state index contributed by atoms with van der Waals surface area (Å²) in [5, 5.41) is 15.1. The minimum Gasteiger partial charge on any atom is -0.364 e. The fraction of sp³-hybridized carbons (Fsp3) is 0.250. The lowest BCUT2D eigenvalue weighted by Crippen LogP contribution is -2.07. The van der Waals surface area contributed by atoms with Gasteiger partial charge in [-0.1, -0.05) is 13.0 Å². The van der Waals surface area contributed by atoms with Gasteiger partial charge in [0.15, 0.2) is 5.03 Å². The van der Waals surface area contributed by atoms with E-state index in [1.165, 1.54) is 6.33 Å². The molecule has 0 bridgehead atoms. The molecule has 0 amide bonds. The largest absolute Gasteiger partial charge is 0.364 e. The number of pyridine rings is 1. The molecule has 104 valence electrons. The molecule has 1 N–H and O–H groups in total. The Hall–Kier alpha value is -2.22. The minimum absolute atomic E-state index is 0.114. The molecule has 7 nitrogen and oxygen atoms in total. The second kappa shape index (κ2) is 6.80. The van der Waals surface area contributed by atoms with Gasteiger partial charge in [0.25, 0.3) is 0 Å². The van der Waals surface area contributed by atoms with Gasteiger partial charge in [-0.3, -0.25) is 10.1 Å². The summed E-state index contributed by atoms with van der Waals surface area (Å²) >= 11 is 1.15. The summed E-state index contributed by atoms with van der Waals surface area (Å²) in [5.74, 6) is 0.241. The van der Waals surface area contributed by atoms with E-state index in [-0.39, 0.29) is 16.5 Å². The first kappa shape index (κ1) is 14.2. The molecule has 0 spiro atoms. The first-order valence-electron chi connectivity index (χ1n) is 6.04. The van der Waals surface area contributed by atoms with Crippen LogP contribution in [-0.2, 0) is 0 Å². The van der Waals surface area contributed by atoms with Gasteiger partial charge in [-0.2, -0.15) is 0 Å². The van der Waals surface area contributed by atoms with Gasteiger partial charge in [0, 0.05) is 12.7 Å². The van der Waals surface area contributed by atoms with E-state index in [9.17, 15) is 10.1 Å². The number of rotatable bonds is 6. The maximum absolute atomic E-state index is 11.2. The number of hydrogen-bond acceptors (Lipinski definition) is 7. The first-order chi connectivity index (χ1) is 9.72. The molecule has 2 aromatic heterocycles. The molecule has 0 atom stereocenters. The number of hydrogen-bond donors (Lipinski definition) is 1. The Morgan fingerprint density at radius 2 is 2.20 bits per heavy atom. The van der Waals surface area contributed by atoms with Crippen LogP contribution in [0.25, 0.3) is 0 Å². The van der Waals surface area contributed by atoms with Crippen LogP contribution in [0.15, 0.2) is 40.8 Å². The van der Waals surface area contributed by atoms with Crippen molar-refractivity contribution < 1.29 is 4.92 Å². The number of anilines is 1. The molecule has 0 aliphatic carbocycles. The Balaban J connectivity index is 2.34. The van der Waals surface area contributed by atoms with Gasteiger partial charge in [-0.25, -0.2) is 15.0 Å². The zero-order valence-corrected chi connectivity index (χ0v) is 11.6. The second-order valence-electron chi connectivity index (χ2n) is 3.83. The van der Waals surface area contributed by atoms with E-state index in [0.717, 1.165) is 18.2 Å². The number of nitrogens with one attached hydrogen (secondary N) is 1. The molecule has 2 rings (SSSR count). The van der Waals surface area contributed by atoms with Crippen molar-refractivity contribution in [3.05, 3.63) is 40.8 Å². The summed E-state index contributed by atoms with van der Waals surface area (Å²) < 4.78 is 0. The third kappa shape index (κ3) is 3.41. The van der Waals surface area contributed by atoms with E-state index < -0.39 is 4.92 Å². The van der Waals surface area contributed by atoms with Crippen molar-refractivity contribution in [2.45, 2.75) is 23.4 Å². The standard InChI is InChI=1S/C12H13N5O2S/c1-2-6-14-11-10(17(18)19)12(16-8-15-11)20-9-5-3-4-7-13-9/h3-5,7-8H,2,6H2,1H3,(H,14,15,16). The fourth-order valence-corrected chi connectivity index (χ4v) is 2.31. The number of nitro groups is 1. The van der Waals surface area contributed by atoms with E-state index in [1.54, 1.807) is 18.3 Å². The normalized spacial score (nSPS) is 10.2. The van der Waals surface area contributed by atoms with Crippen LogP contribution in [0.1, 0.15) is 13.3 Å². The quantitative estimate of drug-likeness (QED) is 0.496. The SMILES string of the molecule is CCCNc1ncnc(Sc2ccccn2)c1[N+](=O)[O-]. The van der Waals surface area contributed by atoms with Crippen molar-refractivity contribution in [2.75, 3.05) is 11.9 Å².